The van der Waals surface area contributed by atoms with Crippen molar-refractivity contribution in [1.29, 1.82) is 5.26 Å². The summed E-state index contributed by atoms with van der Waals surface area (Å²) in [6.07, 6.45) is 0.0270. The third kappa shape index (κ3) is 7.87. The second-order valence-electron chi connectivity index (χ2n) is 11.4. The molecule has 214 valence electrons. The molecule has 3 N–H and O–H groups in total. The highest BCUT2D eigenvalue weighted by atomic mass is 19.3. The van der Waals surface area contributed by atoms with Gasteiger partial charge in [-0.25, -0.2) is 18.0 Å². The number of benzene rings is 1. The van der Waals surface area contributed by atoms with Crippen LogP contribution in [0, 0.1) is 23.1 Å². The van der Waals surface area contributed by atoms with Crippen molar-refractivity contribution in [3.05, 3.63) is 35.6 Å². The maximum atomic E-state index is 13.8. The van der Waals surface area contributed by atoms with Crippen molar-refractivity contribution in [2.24, 2.45) is 5.92 Å². The quantitative estimate of drug-likeness (QED) is 0.381. The van der Waals surface area contributed by atoms with E-state index in [1.807, 2.05) is 6.07 Å². The van der Waals surface area contributed by atoms with E-state index in [1.165, 1.54) is 29.2 Å². The Bertz CT molecular complexity index is 1070. The number of nitriles is 1. The Kier molecular flexibility index (Phi) is 9.57. The van der Waals surface area contributed by atoms with Crippen LogP contribution in [0.4, 0.5) is 18.0 Å². The van der Waals surface area contributed by atoms with Gasteiger partial charge in [-0.3, -0.25) is 9.69 Å². The molecule has 0 aliphatic carbocycles. The van der Waals surface area contributed by atoms with Crippen LogP contribution in [0.5, 0.6) is 0 Å². The molecule has 2 fully saturated rings. The molecule has 39 heavy (non-hydrogen) atoms. The third-order valence-electron chi connectivity index (χ3n) is 7.74. The number of nitrogens with one attached hydrogen (secondary N) is 1. The molecule has 2 heterocycles. The first-order valence-corrected chi connectivity index (χ1v) is 13.0. The number of alkyl carbamates (subject to hydrolysis) is 1. The van der Waals surface area contributed by atoms with Gasteiger partial charge in [0, 0.05) is 25.0 Å². The standard InChI is InChI=1S/C26H36BF3N4O5/c1-24(2,33-12-10-26(29,30)16-33)14-19(15-31)22(35)34-11-4-9-25(34,3)17-39-23(36)32-21(27(37)38)13-18-5-7-20(28)8-6-18/h5-8,19,21,37-38H,4,9-14,16-17H2,1-3H3,(H,32,36)/t19?,21-,25+/m0/s1. The maximum absolute atomic E-state index is 13.8. The molecule has 1 unspecified atom stereocenters. The summed E-state index contributed by atoms with van der Waals surface area (Å²) in [4.78, 5) is 29.1. The molecular formula is C26H36BF3N4O5. The molecule has 0 saturated carbocycles. The van der Waals surface area contributed by atoms with E-state index in [9.17, 15) is 38.1 Å². The van der Waals surface area contributed by atoms with Crippen molar-refractivity contribution in [2.45, 2.75) is 75.8 Å². The number of carbonyl (C=O) groups is 2. The van der Waals surface area contributed by atoms with E-state index in [2.05, 4.69) is 5.32 Å². The minimum atomic E-state index is -2.79. The average molecular weight is 552 g/mol. The summed E-state index contributed by atoms with van der Waals surface area (Å²) in [5.41, 5.74) is -1.14. The van der Waals surface area contributed by atoms with E-state index < -0.39 is 60.3 Å². The van der Waals surface area contributed by atoms with Gasteiger partial charge in [0.1, 0.15) is 18.3 Å². The van der Waals surface area contributed by atoms with E-state index in [0.717, 1.165) is 0 Å². The zero-order chi connectivity index (χ0) is 29.0. The van der Waals surface area contributed by atoms with Gasteiger partial charge in [-0.15, -0.1) is 0 Å². The van der Waals surface area contributed by atoms with Gasteiger partial charge in [0.2, 0.25) is 5.91 Å². The Morgan fingerprint density at radius 1 is 1.23 bits per heavy atom. The first kappa shape index (κ1) is 30.7. The summed E-state index contributed by atoms with van der Waals surface area (Å²) >= 11 is 0. The molecule has 0 spiro atoms. The summed E-state index contributed by atoms with van der Waals surface area (Å²) in [5.74, 6) is -5.87. The zero-order valence-corrected chi connectivity index (χ0v) is 22.5. The van der Waals surface area contributed by atoms with Gasteiger partial charge in [-0.2, -0.15) is 5.26 Å². The molecule has 1 aromatic rings. The Morgan fingerprint density at radius 3 is 2.46 bits per heavy atom. The number of hydrogen-bond acceptors (Lipinski definition) is 7. The molecule has 0 bridgehead atoms. The number of hydrogen-bond donors (Lipinski definition) is 3. The molecular weight excluding hydrogens is 516 g/mol. The minimum Gasteiger partial charge on any atom is -0.447 e. The molecule has 3 atom stereocenters. The molecule has 9 nitrogen and oxygen atoms in total. The topological polar surface area (TPSA) is 126 Å². The monoisotopic (exact) mass is 552 g/mol. The van der Waals surface area contributed by atoms with Gasteiger partial charge in [-0.1, -0.05) is 12.1 Å². The SMILES string of the molecule is CC(C)(CC(C#N)C(=O)N1CCC[C@]1(C)COC(=O)N[C@@H](Cc1ccc(F)cc1)B(O)O)N1CCC(F)(F)C1. The maximum Gasteiger partial charge on any atom is 0.475 e. The van der Waals surface area contributed by atoms with Crippen LogP contribution in [0.3, 0.4) is 0 Å². The first-order chi connectivity index (χ1) is 18.2. The number of ether oxygens (including phenoxy) is 1. The van der Waals surface area contributed by atoms with Crippen LogP contribution < -0.4 is 5.32 Å². The molecule has 13 heteroatoms. The van der Waals surface area contributed by atoms with Gasteiger partial charge in [-0.05, 0) is 64.2 Å². The zero-order valence-electron chi connectivity index (χ0n) is 22.5. The van der Waals surface area contributed by atoms with Gasteiger partial charge in [0.05, 0.1) is 24.1 Å². The Labute approximate surface area is 227 Å². The van der Waals surface area contributed by atoms with Crippen molar-refractivity contribution in [1.82, 2.24) is 15.1 Å². The second kappa shape index (κ2) is 12.1. The average Bonchev–Trinajstić information content (AvgIpc) is 3.44. The summed E-state index contributed by atoms with van der Waals surface area (Å²) < 4.78 is 46.1. The fourth-order valence-corrected chi connectivity index (χ4v) is 5.33. The van der Waals surface area contributed by atoms with Crippen LogP contribution in [-0.2, 0) is 16.0 Å². The van der Waals surface area contributed by atoms with Crippen LogP contribution in [0.2, 0.25) is 0 Å². The molecule has 0 aromatic heterocycles. The fraction of sp³-hybridized carbons (Fsp3) is 0.654. The highest BCUT2D eigenvalue weighted by molar-refractivity contribution is 6.43. The Balaban J connectivity index is 1.60. The van der Waals surface area contributed by atoms with Crippen molar-refractivity contribution < 1.29 is 37.5 Å². The Hall–Kier alpha value is -2.82. The lowest BCUT2D eigenvalue weighted by molar-refractivity contribution is -0.140. The number of rotatable bonds is 10. The largest absolute Gasteiger partial charge is 0.475 e. The van der Waals surface area contributed by atoms with Crippen LogP contribution in [-0.4, -0.2) is 88.1 Å². The predicted octanol–water partition coefficient (Wildman–Crippen LogP) is 2.51. The number of nitrogens with zero attached hydrogens (tertiary/aromatic N) is 3. The summed E-state index contributed by atoms with van der Waals surface area (Å²) in [6, 6.07) is 7.40. The molecule has 2 saturated heterocycles. The fourth-order valence-electron chi connectivity index (χ4n) is 5.33. The summed E-state index contributed by atoms with van der Waals surface area (Å²) in [5, 5.41) is 31.6. The second-order valence-corrected chi connectivity index (χ2v) is 11.4. The van der Waals surface area contributed by atoms with Gasteiger partial charge in [0.15, 0.2) is 0 Å². The van der Waals surface area contributed by atoms with Gasteiger partial charge < -0.3 is 25.0 Å². The third-order valence-corrected chi connectivity index (χ3v) is 7.74. The van der Waals surface area contributed by atoms with Crippen LogP contribution >= 0.6 is 0 Å². The molecule has 2 aliphatic rings. The van der Waals surface area contributed by atoms with Crippen molar-refractivity contribution in [3.8, 4) is 6.07 Å². The van der Waals surface area contributed by atoms with Gasteiger partial charge >= 0.3 is 13.2 Å². The number of halogens is 3. The van der Waals surface area contributed by atoms with Crippen LogP contribution in [0.25, 0.3) is 0 Å². The van der Waals surface area contributed by atoms with Crippen molar-refractivity contribution >= 4 is 19.1 Å². The number of amides is 2. The lowest BCUT2D eigenvalue weighted by Gasteiger charge is -2.39. The van der Waals surface area contributed by atoms with E-state index >= 15 is 0 Å². The molecule has 1 aromatic carbocycles. The molecule has 3 rings (SSSR count). The van der Waals surface area contributed by atoms with E-state index in [-0.39, 0.29) is 32.4 Å². The number of alkyl halides is 2. The predicted molar refractivity (Wildman–Crippen MR) is 137 cm³/mol. The van der Waals surface area contributed by atoms with Crippen molar-refractivity contribution in [3.63, 3.8) is 0 Å². The number of carbonyl (C=O) groups excluding carboxylic acids is 2. The molecule has 2 amide bonds. The lowest BCUT2D eigenvalue weighted by Crippen LogP contribution is -2.53. The van der Waals surface area contributed by atoms with Gasteiger partial charge in [0.25, 0.3) is 5.92 Å². The smallest absolute Gasteiger partial charge is 0.447 e. The summed E-state index contributed by atoms with van der Waals surface area (Å²) in [6.45, 7) is 5.16. The van der Waals surface area contributed by atoms with Crippen LogP contribution in [0.1, 0.15) is 52.0 Å². The number of likely N-dealkylation sites (tertiary alicyclic amines) is 2. The highest BCUT2D eigenvalue weighted by Crippen LogP contribution is 2.36. The molecule has 0 radical (unpaired) electrons. The Morgan fingerprint density at radius 2 is 1.90 bits per heavy atom. The van der Waals surface area contributed by atoms with E-state index in [0.29, 0.717) is 24.9 Å². The van der Waals surface area contributed by atoms with Crippen LogP contribution in [0.15, 0.2) is 24.3 Å². The highest BCUT2D eigenvalue weighted by Gasteiger charge is 2.47. The first-order valence-electron chi connectivity index (χ1n) is 13.0. The van der Waals surface area contributed by atoms with E-state index in [4.69, 9.17) is 4.74 Å². The summed E-state index contributed by atoms with van der Waals surface area (Å²) in [7, 11) is -1.90. The normalized spacial score (nSPS) is 22.7. The molecule has 2 aliphatic heterocycles. The lowest BCUT2D eigenvalue weighted by atomic mass is 9.76. The van der Waals surface area contributed by atoms with E-state index in [1.54, 1.807) is 25.7 Å². The van der Waals surface area contributed by atoms with Crippen molar-refractivity contribution in [2.75, 3.05) is 26.2 Å². The minimum absolute atomic E-state index is 0.0114.